The highest BCUT2D eigenvalue weighted by molar-refractivity contribution is 6.06. The average Bonchev–Trinajstić information content (AvgIpc) is 2.88. The molecule has 36 heavy (non-hydrogen) atoms. The van der Waals surface area contributed by atoms with Crippen LogP contribution in [-0.2, 0) is 22.5 Å². The third-order valence-corrected chi connectivity index (χ3v) is 6.77. The van der Waals surface area contributed by atoms with Gasteiger partial charge < -0.3 is 15.0 Å². The number of hydrogen-bond acceptors (Lipinski definition) is 4. The fourth-order valence-corrected chi connectivity index (χ4v) is 4.79. The molecule has 1 aromatic heterocycles. The Morgan fingerprint density at radius 1 is 1.00 bits per heavy atom. The van der Waals surface area contributed by atoms with Crippen molar-refractivity contribution < 1.29 is 19.2 Å². The van der Waals surface area contributed by atoms with E-state index in [1.807, 2.05) is 74.5 Å². The number of carbonyl (C=O) groups excluding carboxylic acids is 2. The van der Waals surface area contributed by atoms with Crippen molar-refractivity contribution in [1.29, 1.82) is 0 Å². The molecule has 0 bridgehead atoms. The Kier molecular flexibility index (Phi) is 6.53. The maximum Gasteiger partial charge on any atom is 0.340 e. The molecular formula is C30H30N3O3+. The summed E-state index contributed by atoms with van der Waals surface area (Å²) < 4.78 is 6.05. The molecule has 2 atom stereocenters. The minimum absolute atomic E-state index is 0.391. The SMILES string of the molecule is Cc1ccc(C)c(NC(=O)[C@@H](OC(=O)c2c3c(nc4ccccc24)CC[NH+](C)C3)c2ccccc2)c1. The van der Waals surface area contributed by atoms with Gasteiger partial charge in [-0.2, -0.15) is 0 Å². The van der Waals surface area contributed by atoms with Crippen molar-refractivity contribution >= 4 is 28.5 Å². The molecule has 2 N–H and O–H groups in total. The predicted octanol–water partition coefficient (Wildman–Crippen LogP) is 3.96. The summed E-state index contributed by atoms with van der Waals surface area (Å²) in [6.45, 7) is 5.55. The normalized spacial score (nSPS) is 15.7. The van der Waals surface area contributed by atoms with Gasteiger partial charge in [0.1, 0.15) is 6.54 Å². The van der Waals surface area contributed by atoms with E-state index >= 15 is 0 Å². The number of ether oxygens (including phenoxy) is 1. The van der Waals surface area contributed by atoms with Crippen molar-refractivity contribution in [2.24, 2.45) is 0 Å². The molecule has 0 radical (unpaired) electrons. The summed E-state index contributed by atoms with van der Waals surface area (Å²) in [6.07, 6.45) is -0.309. The maximum absolute atomic E-state index is 13.9. The number of esters is 1. The number of benzene rings is 3. The summed E-state index contributed by atoms with van der Waals surface area (Å²) in [6, 6.07) is 22.7. The highest BCUT2D eigenvalue weighted by atomic mass is 16.5. The van der Waals surface area contributed by atoms with E-state index in [2.05, 4.69) is 12.4 Å². The van der Waals surface area contributed by atoms with Gasteiger partial charge in [-0.05, 0) is 37.1 Å². The lowest BCUT2D eigenvalue weighted by Gasteiger charge is -2.25. The summed E-state index contributed by atoms with van der Waals surface area (Å²) in [5, 5.41) is 3.73. The van der Waals surface area contributed by atoms with Crippen LogP contribution in [0, 0.1) is 13.8 Å². The Bertz CT molecular complexity index is 1450. The number of quaternary nitrogens is 1. The number of amides is 1. The molecule has 1 unspecified atom stereocenters. The van der Waals surface area contributed by atoms with Gasteiger partial charge in [0.25, 0.3) is 5.91 Å². The summed E-state index contributed by atoms with van der Waals surface area (Å²) in [4.78, 5) is 33.5. The standard InChI is InChI=1S/C30H29N3O3/c1-19-13-14-20(2)26(17-19)32-29(34)28(21-9-5-4-6-10-21)36-30(35)27-22-11-7-8-12-24(22)31-25-15-16-33(3)18-23(25)27/h4-14,17,28H,15-16,18H2,1-3H3,(H,32,34)/p+1/t28-/m0/s1. The van der Waals surface area contributed by atoms with Crippen LogP contribution in [-0.4, -0.2) is 30.5 Å². The van der Waals surface area contributed by atoms with Crippen molar-refractivity contribution in [1.82, 2.24) is 4.98 Å². The number of hydrogen-bond donors (Lipinski definition) is 2. The van der Waals surface area contributed by atoms with Crippen LogP contribution in [0.4, 0.5) is 5.69 Å². The molecule has 3 aromatic carbocycles. The molecule has 1 aliphatic heterocycles. The molecule has 0 fully saturated rings. The van der Waals surface area contributed by atoms with Gasteiger partial charge in [0.05, 0.1) is 30.4 Å². The molecule has 0 saturated carbocycles. The molecule has 1 amide bonds. The lowest BCUT2D eigenvalue weighted by molar-refractivity contribution is -0.895. The first-order chi connectivity index (χ1) is 17.4. The van der Waals surface area contributed by atoms with Crippen LogP contribution in [0.5, 0.6) is 0 Å². The van der Waals surface area contributed by atoms with E-state index in [0.717, 1.165) is 46.3 Å². The van der Waals surface area contributed by atoms with E-state index in [1.165, 1.54) is 4.90 Å². The fourth-order valence-electron chi connectivity index (χ4n) is 4.79. The molecule has 5 rings (SSSR count). The average molecular weight is 481 g/mol. The van der Waals surface area contributed by atoms with Crippen LogP contribution in [0.15, 0.2) is 72.8 Å². The summed E-state index contributed by atoms with van der Waals surface area (Å²) >= 11 is 0. The van der Waals surface area contributed by atoms with E-state index in [-0.39, 0.29) is 0 Å². The Morgan fingerprint density at radius 2 is 1.75 bits per heavy atom. The molecule has 4 aromatic rings. The van der Waals surface area contributed by atoms with E-state index in [4.69, 9.17) is 9.72 Å². The first-order valence-electron chi connectivity index (χ1n) is 12.3. The Hall–Kier alpha value is -4.03. The van der Waals surface area contributed by atoms with Gasteiger partial charge >= 0.3 is 5.97 Å². The van der Waals surface area contributed by atoms with Crippen LogP contribution < -0.4 is 10.2 Å². The number of carbonyl (C=O) groups is 2. The highest BCUT2D eigenvalue weighted by Crippen LogP contribution is 2.29. The Labute approximate surface area is 210 Å². The molecule has 182 valence electrons. The summed E-state index contributed by atoms with van der Waals surface area (Å²) in [5.74, 6) is -0.900. The number of anilines is 1. The topological polar surface area (TPSA) is 72.7 Å². The van der Waals surface area contributed by atoms with Crippen LogP contribution >= 0.6 is 0 Å². The van der Waals surface area contributed by atoms with Gasteiger partial charge in [0.2, 0.25) is 6.10 Å². The zero-order valence-electron chi connectivity index (χ0n) is 20.8. The second kappa shape index (κ2) is 9.91. The monoisotopic (exact) mass is 480 g/mol. The van der Waals surface area contributed by atoms with Gasteiger partial charge in [0.15, 0.2) is 0 Å². The smallest absolute Gasteiger partial charge is 0.340 e. The predicted molar refractivity (Wildman–Crippen MR) is 140 cm³/mol. The minimum atomic E-state index is -1.10. The number of nitrogens with zero attached hydrogens (tertiary/aromatic N) is 1. The number of rotatable bonds is 5. The minimum Gasteiger partial charge on any atom is -0.444 e. The maximum atomic E-state index is 13.9. The van der Waals surface area contributed by atoms with Gasteiger partial charge in [-0.3, -0.25) is 9.78 Å². The molecule has 6 nitrogen and oxygen atoms in total. The van der Waals surface area contributed by atoms with Crippen LogP contribution in [0.25, 0.3) is 10.9 Å². The van der Waals surface area contributed by atoms with E-state index in [9.17, 15) is 9.59 Å². The lowest BCUT2D eigenvalue weighted by Crippen LogP contribution is -3.08. The third kappa shape index (κ3) is 4.72. The van der Waals surface area contributed by atoms with E-state index in [1.54, 1.807) is 12.1 Å². The van der Waals surface area contributed by atoms with Gasteiger partial charge in [0, 0.05) is 28.6 Å². The van der Waals surface area contributed by atoms with Crippen LogP contribution in [0.2, 0.25) is 0 Å². The Balaban J connectivity index is 1.54. The van der Waals surface area contributed by atoms with Crippen molar-refractivity contribution in [3.05, 3.63) is 106 Å². The van der Waals surface area contributed by atoms with Crippen LogP contribution in [0.1, 0.15) is 44.4 Å². The number of aryl methyl sites for hydroxylation is 2. The van der Waals surface area contributed by atoms with Crippen LogP contribution in [0.3, 0.4) is 0 Å². The Morgan fingerprint density at radius 3 is 2.56 bits per heavy atom. The van der Waals surface area contributed by atoms with E-state index in [0.29, 0.717) is 23.4 Å². The number of likely N-dealkylation sites (N-methyl/N-ethyl adjacent to an activating group) is 1. The van der Waals surface area contributed by atoms with E-state index < -0.39 is 18.0 Å². The molecule has 0 saturated heterocycles. The number of aromatic nitrogens is 1. The summed E-state index contributed by atoms with van der Waals surface area (Å²) in [5.41, 5.74) is 6.40. The fraction of sp³-hybridized carbons (Fsp3) is 0.233. The zero-order valence-corrected chi connectivity index (χ0v) is 20.8. The lowest BCUT2D eigenvalue weighted by atomic mass is 9.96. The second-order valence-electron chi connectivity index (χ2n) is 9.57. The first kappa shape index (κ1) is 23.7. The second-order valence-corrected chi connectivity index (χ2v) is 9.57. The molecule has 6 heteroatoms. The van der Waals surface area contributed by atoms with Gasteiger partial charge in [-0.25, -0.2) is 4.79 Å². The summed E-state index contributed by atoms with van der Waals surface area (Å²) in [7, 11) is 2.11. The highest BCUT2D eigenvalue weighted by Gasteiger charge is 2.31. The van der Waals surface area contributed by atoms with Crippen molar-refractivity contribution in [3.8, 4) is 0 Å². The van der Waals surface area contributed by atoms with Gasteiger partial charge in [-0.1, -0.05) is 60.7 Å². The molecular weight excluding hydrogens is 450 g/mol. The molecule has 2 heterocycles. The molecule has 0 aliphatic carbocycles. The van der Waals surface area contributed by atoms with Crippen molar-refractivity contribution in [3.63, 3.8) is 0 Å². The number of pyridine rings is 1. The van der Waals surface area contributed by atoms with Crippen molar-refractivity contribution in [2.45, 2.75) is 32.9 Å². The quantitative estimate of drug-likeness (QED) is 0.424. The molecule has 1 aliphatic rings. The van der Waals surface area contributed by atoms with Crippen molar-refractivity contribution in [2.75, 3.05) is 18.9 Å². The number of para-hydroxylation sites is 1. The largest absolute Gasteiger partial charge is 0.444 e. The van der Waals surface area contributed by atoms with Gasteiger partial charge in [-0.15, -0.1) is 0 Å². The molecule has 0 spiro atoms. The number of fused-ring (bicyclic) bond motifs is 2. The number of nitrogens with one attached hydrogen (secondary N) is 2. The zero-order chi connectivity index (χ0) is 25.2. The first-order valence-corrected chi connectivity index (χ1v) is 12.3. The third-order valence-electron chi connectivity index (χ3n) is 6.77.